The number of hydrogen-bond acceptors (Lipinski definition) is 4. The van der Waals surface area contributed by atoms with Crippen molar-refractivity contribution in [3.05, 3.63) is 35.5 Å². The molecule has 2 aromatic rings. The molecule has 15 heavy (non-hydrogen) atoms. The molecule has 76 valence electrons. The minimum absolute atomic E-state index is 0.261. The molecule has 5 heteroatoms. The van der Waals surface area contributed by atoms with Crippen LogP contribution < -0.4 is 5.73 Å². The van der Waals surface area contributed by atoms with Crippen molar-refractivity contribution >= 4 is 11.4 Å². The van der Waals surface area contributed by atoms with Crippen LogP contribution in [0.1, 0.15) is 0 Å². The van der Waals surface area contributed by atoms with Gasteiger partial charge in [-0.1, -0.05) is 6.07 Å². The number of benzene rings is 1. The van der Waals surface area contributed by atoms with Crippen LogP contribution in [-0.2, 0) is 7.05 Å². The summed E-state index contributed by atoms with van der Waals surface area (Å²) in [5.74, 6) is 0. The van der Waals surface area contributed by atoms with Crippen LogP contribution in [-0.4, -0.2) is 9.78 Å². The zero-order chi connectivity index (χ0) is 10.8. The lowest BCUT2D eigenvalue weighted by atomic mass is 10.1. The maximum absolute atomic E-state index is 10.5. The Morgan fingerprint density at radius 3 is 2.80 bits per heavy atom. The van der Waals surface area contributed by atoms with Gasteiger partial charge in [0.25, 0.3) is 0 Å². The number of nitrogen functional groups attached to an aromatic ring is 1. The van der Waals surface area contributed by atoms with Crippen LogP contribution >= 0.6 is 0 Å². The molecule has 0 saturated heterocycles. The average molecular weight is 202 g/mol. The third kappa shape index (κ3) is 1.71. The van der Waals surface area contributed by atoms with Crippen molar-refractivity contribution in [2.75, 3.05) is 5.73 Å². The van der Waals surface area contributed by atoms with Gasteiger partial charge < -0.3 is 5.73 Å². The maximum atomic E-state index is 10.5. The van der Waals surface area contributed by atoms with Crippen LogP contribution in [0.5, 0.6) is 0 Å². The van der Waals surface area contributed by atoms with Gasteiger partial charge in [-0.05, 0) is 22.9 Å². The van der Waals surface area contributed by atoms with Gasteiger partial charge >= 0.3 is 0 Å². The molecule has 0 unspecified atom stereocenters. The summed E-state index contributed by atoms with van der Waals surface area (Å²) >= 11 is 0. The fourth-order valence-electron chi connectivity index (χ4n) is 1.37. The number of anilines is 1. The van der Waals surface area contributed by atoms with Crippen LogP contribution in [0.4, 0.5) is 11.4 Å². The highest BCUT2D eigenvalue weighted by Gasteiger charge is 2.04. The summed E-state index contributed by atoms with van der Waals surface area (Å²) in [6.07, 6.45) is 3.58. The molecule has 0 radical (unpaired) electrons. The summed E-state index contributed by atoms with van der Waals surface area (Å²) in [6.45, 7) is 0. The first-order chi connectivity index (χ1) is 7.20. The predicted octanol–water partition coefficient (Wildman–Crippen LogP) is 2.07. The van der Waals surface area contributed by atoms with Crippen molar-refractivity contribution in [1.82, 2.24) is 9.78 Å². The van der Waals surface area contributed by atoms with Crippen LogP contribution in [0.25, 0.3) is 11.1 Å². The van der Waals surface area contributed by atoms with Crippen molar-refractivity contribution in [3.63, 3.8) is 0 Å². The summed E-state index contributed by atoms with van der Waals surface area (Å²) in [6, 6.07) is 5.15. The molecule has 1 aromatic heterocycles. The fraction of sp³-hybridized carbons (Fsp3) is 0.100. The van der Waals surface area contributed by atoms with Gasteiger partial charge in [0.15, 0.2) is 0 Å². The molecule has 0 aliphatic rings. The number of nitrogens with zero attached hydrogens (tertiary/aromatic N) is 3. The van der Waals surface area contributed by atoms with E-state index in [1.54, 1.807) is 23.0 Å². The molecule has 1 aromatic carbocycles. The van der Waals surface area contributed by atoms with E-state index in [4.69, 9.17) is 5.73 Å². The van der Waals surface area contributed by atoms with Gasteiger partial charge in [-0.25, -0.2) is 0 Å². The lowest BCUT2D eigenvalue weighted by molar-refractivity contribution is 0.768. The van der Waals surface area contributed by atoms with Gasteiger partial charge in [0.1, 0.15) is 5.69 Å². The van der Waals surface area contributed by atoms with Crippen LogP contribution in [0.2, 0.25) is 0 Å². The molecule has 2 rings (SSSR count). The first-order valence-electron chi connectivity index (χ1n) is 4.42. The van der Waals surface area contributed by atoms with E-state index in [9.17, 15) is 4.91 Å². The van der Waals surface area contributed by atoms with Crippen LogP contribution in [0, 0.1) is 4.91 Å². The third-order valence-electron chi connectivity index (χ3n) is 2.17. The molecule has 2 N–H and O–H groups in total. The predicted molar refractivity (Wildman–Crippen MR) is 58.5 cm³/mol. The molecule has 0 amide bonds. The molecule has 1 heterocycles. The van der Waals surface area contributed by atoms with E-state index in [2.05, 4.69) is 10.3 Å². The highest BCUT2D eigenvalue weighted by molar-refractivity contribution is 5.73. The number of nitrogens with two attached hydrogens (primary N) is 1. The second kappa shape index (κ2) is 3.53. The summed E-state index contributed by atoms with van der Waals surface area (Å²) in [5.41, 5.74) is 8.03. The Balaban J connectivity index is 2.50. The van der Waals surface area contributed by atoms with Gasteiger partial charge in [-0.3, -0.25) is 4.68 Å². The van der Waals surface area contributed by atoms with Gasteiger partial charge in [-0.15, -0.1) is 4.91 Å². The smallest absolute Gasteiger partial charge is 0.131 e. The van der Waals surface area contributed by atoms with Crippen molar-refractivity contribution in [2.24, 2.45) is 12.2 Å². The first-order valence-corrected chi connectivity index (χ1v) is 4.42. The average Bonchev–Trinajstić information content (AvgIpc) is 2.66. The van der Waals surface area contributed by atoms with Gasteiger partial charge in [0, 0.05) is 18.8 Å². The van der Waals surface area contributed by atoms with E-state index in [0.29, 0.717) is 5.69 Å². The Morgan fingerprint density at radius 2 is 2.20 bits per heavy atom. The molecular formula is C10H10N4O. The van der Waals surface area contributed by atoms with Crippen molar-refractivity contribution in [1.29, 1.82) is 0 Å². The largest absolute Gasteiger partial charge is 0.397 e. The highest BCUT2D eigenvalue weighted by Crippen LogP contribution is 2.28. The summed E-state index contributed by atoms with van der Waals surface area (Å²) < 4.78 is 1.69. The molecule has 0 saturated carbocycles. The SMILES string of the molecule is Cn1cc(-c2ccc(N)c(N=O)c2)cn1. The molecule has 0 bridgehead atoms. The highest BCUT2D eigenvalue weighted by atomic mass is 16.3. The van der Waals surface area contributed by atoms with Crippen molar-refractivity contribution in [3.8, 4) is 11.1 Å². The minimum Gasteiger partial charge on any atom is -0.397 e. The van der Waals surface area contributed by atoms with E-state index in [1.165, 1.54) is 0 Å². The van der Waals surface area contributed by atoms with E-state index in [0.717, 1.165) is 11.1 Å². The third-order valence-corrected chi connectivity index (χ3v) is 2.17. The van der Waals surface area contributed by atoms with Gasteiger partial charge in [0.2, 0.25) is 0 Å². The van der Waals surface area contributed by atoms with E-state index < -0.39 is 0 Å². The van der Waals surface area contributed by atoms with E-state index in [1.807, 2.05) is 19.3 Å². The van der Waals surface area contributed by atoms with E-state index >= 15 is 0 Å². The van der Waals surface area contributed by atoms with Gasteiger partial charge in [-0.2, -0.15) is 5.10 Å². The lowest BCUT2D eigenvalue weighted by Gasteiger charge is -2.00. The number of aryl methyl sites for hydroxylation is 1. The molecular weight excluding hydrogens is 192 g/mol. The van der Waals surface area contributed by atoms with E-state index in [-0.39, 0.29) is 5.69 Å². The van der Waals surface area contributed by atoms with Gasteiger partial charge in [0.05, 0.1) is 11.9 Å². The normalized spacial score (nSPS) is 10.2. The first kappa shape index (κ1) is 9.39. The number of rotatable bonds is 2. The Labute approximate surface area is 86.5 Å². The lowest BCUT2D eigenvalue weighted by Crippen LogP contribution is -1.86. The van der Waals surface area contributed by atoms with Crippen LogP contribution in [0.15, 0.2) is 35.8 Å². The maximum Gasteiger partial charge on any atom is 0.131 e. The monoisotopic (exact) mass is 202 g/mol. The number of nitroso groups, excluding NO2 is 1. The quantitative estimate of drug-likeness (QED) is 0.598. The minimum atomic E-state index is 0.261. The summed E-state index contributed by atoms with van der Waals surface area (Å²) in [5, 5.41) is 6.91. The molecule has 0 fully saturated rings. The molecule has 0 aliphatic carbocycles. The Kier molecular flexibility index (Phi) is 2.21. The number of hydrogen-bond donors (Lipinski definition) is 1. The Hall–Kier alpha value is -2.17. The Morgan fingerprint density at radius 1 is 1.40 bits per heavy atom. The second-order valence-corrected chi connectivity index (χ2v) is 3.27. The topological polar surface area (TPSA) is 73.3 Å². The standard InChI is InChI=1S/C10H10N4O/c1-14-6-8(5-12-14)7-2-3-9(11)10(4-7)13-15/h2-6H,11H2,1H3. The molecule has 0 spiro atoms. The van der Waals surface area contributed by atoms with Crippen LogP contribution in [0.3, 0.4) is 0 Å². The molecule has 0 atom stereocenters. The zero-order valence-electron chi connectivity index (χ0n) is 8.21. The fourth-order valence-corrected chi connectivity index (χ4v) is 1.37. The Bertz CT molecular complexity index is 504. The second-order valence-electron chi connectivity index (χ2n) is 3.27. The molecule has 0 aliphatic heterocycles. The van der Waals surface area contributed by atoms with Crippen molar-refractivity contribution in [2.45, 2.75) is 0 Å². The molecule has 5 nitrogen and oxygen atoms in total. The zero-order valence-corrected chi connectivity index (χ0v) is 8.21. The van der Waals surface area contributed by atoms with Crippen molar-refractivity contribution < 1.29 is 0 Å². The summed E-state index contributed by atoms with van der Waals surface area (Å²) in [7, 11) is 1.83. The summed E-state index contributed by atoms with van der Waals surface area (Å²) in [4.78, 5) is 10.5. The number of aromatic nitrogens is 2.